The monoisotopic (exact) mass is 543 g/mol. The molecule has 2 aromatic rings. The van der Waals surface area contributed by atoms with Crippen LogP contribution in [0.25, 0.3) is 0 Å². The first kappa shape index (κ1) is 26.2. The maximum absolute atomic E-state index is 13.1. The summed E-state index contributed by atoms with van der Waals surface area (Å²) in [5.74, 6) is -0.491. The smallest absolute Gasteiger partial charge is 0.264 e. The predicted octanol–water partition coefficient (Wildman–Crippen LogP) is 4.42. The molecule has 0 aromatic heterocycles. The van der Waals surface area contributed by atoms with Crippen LogP contribution >= 0.6 is 23.2 Å². The van der Waals surface area contributed by atoms with Gasteiger partial charge in [-0.1, -0.05) is 23.2 Å². The molecule has 2 aromatic carbocycles. The summed E-state index contributed by atoms with van der Waals surface area (Å²) in [5, 5.41) is 4.80. The van der Waals surface area contributed by atoms with Crippen molar-refractivity contribution >= 4 is 39.1 Å². The molecule has 35 heavy (non-hydrogen) atoms. The van der Waals surface area contributed by atoms with Gasteiger partial charge in [0.15, 0.2) is 0 Å². The molecule has 4 rings (SSSR count). The zero-order valence-electron chi connectivity index (χ0n) is 19.3. The summed E-state index contributed by atoms with van der Waals surface area (Å²) in [6, 6.07) is 8.36. The van der Waals surface area contributed by atoms with Crippen molar-refractivity contribution in [3.63, 3.8) is 0 Å². The fraction of sp³-hybridized carbons (Fsp3) is 0.458. The van der Waals surface area contributed by atoms with Crippen molar-refractivity contribution in [3.8, 4) is 5.75 Å². The molecule has 1 N–H and O–H groups in total. The molecule has 0 saturated carbocycles. The van der Waals surface area contributed by atoms with Crippen LogP contribution in [0.4, 0.5) is 4.39 Å². The third-order valence-corrected chi connectivity index (χ3v) is 9.32. The van der Waals surface area contributed by atoms with E-state index in [4.69, 9.17) is 27.9 Å². The van der Waals surface area contributed by atoms with Gasteiger partial charge in [0.05, 0.1) is 15.3 Å². The Bertz CT molecular complexity index is 1160. The summed E-state index contributed by atoms with van der Waals surface area (Å²) in [5.41, 5.74) is 0.935. The second-order valence-corrected chi connectivity index (χ2v) is 11.6. The lowest BCUT2D eigenvalue weighted by atomic mass is 10.1. The highest BCUT2D eigenvalue weighted by Gasteiger charge is 2.34. The van der Waals surface area contributed by atoms with Gasteiger partial charge in [-0.25, -0.2) is 27.5 Å². The normalized spacial score (nSPS) is 19.0. The van der Waals surface area contributed by atoms with E-state index >= 15 is 0 Å². The minimum absolute atomic E-state index is 0.0711. The van der Waals surface area contributed by atoms with E-state index in [0.717, 1.165) is 49.4 Å². The van der Waals surface area contributed by atoms with Gasteiger partial charge in [0, 0.05) is 37.3 Å². The number of ether oxygens (including phenoxy) is 1. The Morgan fingerprint density at radius 2 is 1.54 bits per heavy atom. The van der Waals surface area contributed by atoms with Crippen LogP contribution in [0.3, 0.4) is 0 Å². The van der Waals surface area contributed by atoms with Crippen molar-refractivity contribution in [1.82, 2.24) is 14.7 Å². The van der Waals surface area contributed by atoms with Crippen LogP contribution in [-0.2, 0) is 10.0 Å². The van der Waals surface area contributed by atoms with Crippen LogP contribution in [0.15, 0.2) is 36.4 Å². The second kappa shape index (κ2) is 11.0. The van der Waals surface area contributed by atoms with Crippen molar-refractivity contribution in [3.05, 3.63) is 63.4 Å². The Hall–Kier alpha value is -1.91. The number of benzene rings is 2. The van der Waals surface area contributed by atoms with Gasteiger partial charge in [-0.15, -0.1) is 0 Å². The van der Waals surface area contributed by atoms with Crippen LogP contribution in [0.2, 0.25) is 10.0 Å². The molecule has 0 radical (unpaired) electrons. The molecule has 11 heteroatoms. The molecule has 190 valence electrons. The zero-order valence-corrected chi connectivity index (χ0v) is 21.7. The van der Waals surface area contributed by atoms with Gasteiger partial charge in [0.1, 0.15) is 17.7 Å². The number of hydrogen-bond donors (Lipinski definition) is 1. The molecule has 2 saturated heterocycles. The second-order valence-electron chi connectivity index (χ2n) is 8.89. The Morgan fingerprint density at radius 3 is 2.14 bits per heavy atom. The molecule has 0 aliphatic carbocycles. The Balaban J connectivity index is 1.25. The molecular weight excluding hydrogens is 516 g/mol. The number of sulfonamides is 1. The third-order valence-electron chi connectivity index (χ3n) is 6.60. The van der Waals surface area contributed by atoms with Gasteiger partial charge in [-0.05, 0) is 69.0 Å². The van der Waals surface area contributed by atoms with E-state index in [9.17, 15) is 17.6 Å². The van der Waals surface area contributed by atoms with Crippen molar-refractivity contribution in [2.75, 3.05) is 26.2 Å². The van der Waals surface area contributed by atoms with Gasteiger partial charge >= 0.3 is 0 Å². The lowest BCUT2D eigenvalue weighted by Crippen LogP contribution is -2.54. The van der Waals surface area contributed by atoms with E-state index in [2.05, 4.69) is 14.7 Å². The first-order valence-electron chi connectivity index (χ1n) is 11.6. The highest BCUT2D eigenvalue weighted by Crippen LogP contribution is 2.33. The topological polar surface area (TPSA) is 79.0 Å². The minimum atomic E-state index is -3.83. The largest absolute Gasteiger partial charge is 0.490 e. The van der Waals surface area contributed by atoms with Crippen LogP contribution < -0.4 is 9.46 Å². The molecule has 0 bridgehead atoms. The lowest BCUT2D eigenvalue weighted by Gasteiger charge is -2.42. The average molecular weight is 544 g/mol. The van der Waals surface area contributed by atoms with Crippen LogP contribution in [-0.4, -0.2) is 61.9 Å². The van der Waals surface area contributed by atoms with Gasteiger partial charge in [0.25, 0.3) is 5.91 Å². The fourth-order valence-corrected chi connectivity index (χ4v) is 6.23. The van der Waals surface area contributed by atoms with Crippen molar-refractivity contribution in [2.24, 2.45) is 0 Å². The highest BCUT2D eigenvalue weighted by molar-refractivity contribution is 7.90. The molecule has 2 fully saturated rings. The number of carbonyl (C=O) groups excluding carboxylic acids is 1. The number of nitrogens with zero attached hydrogens (tertiary/aromatic N) is 2. The summed E-state index contributed by atoms with van der Waals surface area (Å²) < 4.78 is 46.8. The summed E-state index contributed by atoms with van der Waals surface area (Å²) >= 11 is 12.3. The van der Waals surface area contributed by atoms with Crippen molar-refractivity contribution < 1.29 is 22.3 Å². The van der Waals surface area contributed by atoms with Crippen molar-refractivity contribution in [2.45, 2.75) is 44.0 Å². The van der Waals surface area contributed by atoms with Crippen LogP contribution in [0, 0.1) is 12.7 Å². The first-order valence-corrected chi connectivity index (χ1v) is 13.9. The first-order chi connectivity index (χ1) is 16.6. The number of amides is 1. The number of halogens is 3. The van der Waals surface area contributed by atoms with E-state index in [1.807, 2.05) is 13.0 Å². The quantitative estimate of drug-likeness (QED) is 0.580. The third kappa shape index (κ3) is 6.27. The Morgan fingerprint density at radius 1 is 0.971 bits per heavy atom. The van der Waals surface area contributed by atoms with Crippen molar-refractivity contribution in [1.29, 1.82) is 0 Å². The standard InChI is InChI=1S/C24H28Cl2FN3O4S/c1-16-22(7-6-21(25)23(16)26)34-19-8-12-29(13-9-19)30-14-10-20(11-15-30)35(32,33)28-24(31)17-2-4-18(27)5-3-17/h2-7,19-20H,8-15H2,1H3,(H,28,31). The lowest BCUT2D eigenvalue weighted by molar-refractivity contribution is -0.0697. The highest BCUT2D eigenvalue weighted by atomic mass is 35.5. The number of piperidine rings is 2. The SMILES string of the molecule is Cc1c(OC2CCN(N3CCC(S(=O)(=O)NC(=O)c4ccc(F)cc4)CC3)CC2)ccc(Cl)c1Cl. The van der Waals surface area contributed by atoms with Crippen LogP contribution in [0.1, 0.15) is 41.6 Å². The number of carbonyl (C=O) groups is 1. The van der Waals surface area contributed by atoms with E-state index in [0.29, 0.717) is 36.0 Å². The fourth-order valence-electron chi connectivity index (χ4n) is 4.49. The molecule has 7 nitrogen and oxygen atoms in total. The molecule has 2 aliphatic heterocycles. The molecule has 0 spiro atoms. The summed E-state index contributed by atoms with van der Waals surface area (Å²) in [7, 11) is -3.83. The summed E-state index contributed by atoms with van der Waals surface area (Å²) in [6.45, 7) is 4.69. The maximum Gasteiger partial charge on any atom is 0.264 e. The number of hydrogen-bond acceptors (Lipinski definition) is 6. The van der Waals surface area contributed by atoms with E-state index in [1.54, 1.807) is 6.07 Å². The Labute approximate surface area is 215 Å². The number of hydrazine groups is 1. The molecular formula is C24H28Cl2FN3O4S. The van der Waals surface area contributed by atoms with E-state index < -0.39 is 27.0 Å². The van der Waals surface area contributed by atoms with Gasteiger partial charge in [-0.2, -0.15) is 0 Å². The van der Waals surface area contributed by atoms with Gasteiger partial charge in [0.2, 0.25) is 10.0 Å². The molecule has 2 heterocycles. The van der Waals surface area contributed by atoms with Gasteiger partial charge < -0.3 is 4.74 Å². The maximum atomic E-state index is 13.1. The van der Waals surface area contributed by atoms with Gasteiger partial charge in [-0.3, -0.25) is 4.79 Å². The summed E-state index contributed by atoms with van der Waals surface area (Å²) in [4.78, 5) is 12.3. The van der Waals surface area contributed by atoms with Crippen LogP contribution in [0.5, 0.6) is 5.75 Å². The average Bonchev–Trinajstić information content (AvgIpc) is 2.85. The van der Waals surface area contributed by atoms with E-state index in [-0.39, 0.29) is 11.7 Å². The predicted molar refractivity (Wildman–Crippen MR) is 134 cm³/mol. The molecule has 0 atom stereocenters. The molecule has 2 aliphatic rings. The molecule has 0 unspecified atom stereocenters. The zero-order chi connectivity index (χ0) is 25.2. The minimum Gasteiger partial charge on any atom is -0.490 e. The number of rotatable bonds is 6. The molecule has 1 amide bonds. The van der Waals surface area contributed by atoms with E-state index in [1.165, 1.54) is 12.1 Å². The number of nitrogens with one attached hydrogen (secondary N) is 1. The Kier molecular flexibility index (Phi) is 8.23. The summed E-state index contributed by atoms with van der Waals surface area (Å²) in [6.07, 6.45) is 2.59.